The molecule has 1 aliphatic rings. The minimum atomic E-state index is -3.31. The van der Waals surface area contributed by atoms with E-state index in [-0.39, 0.29) is 17.5 Å². The summed E-state index contributed by atoms with van der Waals surface area (Å²) in [7, 11) is 0.0569. The van der Waals surface area contributed by atoms with Crippen molar-refractivity contribution < 1.29 is 18.4 Å². The van der Waals surface area contributed by atoms with Gasteiger partial charge in [-0.05, 0) is 73.1 Å². The maximum atomic E-state index is 13.7. The first-order chi connectivity index (χ1) is 17.6. The van der Waals surface area contributed by atoms with Gasteiger partial charge in [-0.1, -0.05) is 19.1 Å². The van der Waals surface area contributed by atoms with E-state index in [1.807, 2.05) is 24.3 Å². The number of aryl methyl sites for hydroxylation is 2. The molecule has 0 fully saturated rings. The predicted octanol–water partition coefficient (Wildman–Crippen LogP) is 4.64. The molecule has 0 aliphatic carbocycles. The highest BCUT2D eigenvalue weighted by molar-refractivity contribution is 7.90. The summed E-state index contributed by atoms with van der Waals surface area (Å²) in [5, 5.41) is 23.0. The van der Waals surface area contributed by atoms with Crippen molar-refractivity contribution in [2.24, 2.45) is 13.0 Å². The summed E-state index contributed by atoms with van der Waals surface area (Å²) >= 11 is 0. The van der Waals surface area contributed by atoms with Crippen molar-refractivity contribution >= 4 is 15.6 Å². The number of aliphatic hydroxyl groups is 1. The normalized spacial score (nSPS) is 20.8. The van der Waals surface area contributed by atoms with E-state index in [1.165, 1.54) is 17.7 Å². The fourth-order valence-corrected chi connectivity index (χ4v) is 6.63. The maximum Gasteiger partial charge on any atom is 0.166 e. The smallest absolute Gasteiger partial charge is 0.166 e. The van der Waals surface area contributed by atoms with E-state index in [4.69, 9.17) is 14.8 Å². The van der Waals surface area contributed by atoms with E-state index in [1.54, 1.807) is 31.0 Å². The van der Waals surface area contributed by atoms with Gasteiger partial charge in [-0.3, -0.25) is 0 Å². The molecule has 0 amide bonds. The van der Waals surface area contributed by atoms with Gasteiger partial charge < -0.3 is 19.7 Å². The standard InChI is InChI=1S/C27H32FN5O3S/c1-17(4-5-18-6-9-21(36-3)10-7-18)24-13-11-22-25(37(30,35)32-24)16-33(2)26(22)27(34)31-20-8-12-23(28)19(14-20)15-29/h6-10,12,14,16-17,24,27,31,34H,4-5,11,13H2,1-3H3,(H2,30,32,35)/t17-,24+,27?,37?/m0/s1. The number of hydrogen-bond donors (Lipinski definition) is 4. The largest absolute Gasteiger partial charge is 0.497 e. The van der Waals surface area contributed by atoms with E-state index in [0.29, 0.717) is 34.7 Å². The van der Waals surface area contributed by atoms with Crippen LogP contribution in [0.4, 0.5) is 10.1 Å². The minimum Gasteiger partial charge on any atom is -0.497 e. The van der Waals surface area contributed by atoms with Gasteiger partial charge in [0.05, 0.1) is 23.3 Å². The van der Waals surface area contributed by atoms with Crippen LogP contribution in [0.1, 0.15) is 48.4 Å². The van der Waals surface area contributed by atoms with Crippen molar-refractivity contribution in [2.45, 2.75) is 49.8 Å². The Kier molecular flexibility index (Phi) is 7.87. The number of anilines is 1. The zero-order valence-corrected chi connectivity index (χ0v) is 21.9. The molecule has 0 spiro atoms. The monoisotopic (exact) mass is 525 g/mol. The molecule has 37 heavy (non-hydrogen) atoms. The Morgan fingerprint density at radius 2 is 2.08 bits per heavy atom. The number of ether oxygens (including phenoxy) is 1. The molecule has 4 rings (SSSR count). The first kappa shape index (κ1) is 26.7. The SMILES string of the molecule is COc1ccc(CC[C@H](C)[C@H]2CCc3c(cn(C)c3C(O)Nc3ccc(F)c(C#N)c3)S(=N)(=O)N2)cc1. The molecule has 0 saturated heterocycles. The summed E-state index contributed by atoms with van der Waals surface area (Å²) < 4.78 is 45.9. The Balaban J connectivity index is 1.50. The molecule has 2 unspecified atom stereocenters. The van der Waals surface area contributed by atoms with Crippen LogP contribution in [0.15, 0.2) is 53.6 Å². The van der Waals surface area contributed by atoms with Crippen LogP contribution >= 0.6 is 0 Å². The van der Waals surface area contributed by atoms with Gasteiger partial charge in [-0.15, -0.1) is 0 Å². The second-order valence-corrected chi connectivity index (χ2v) is 11.3. The number of rotatable bonds is 8. The Hall–Kier alpha value is -3.39. The Morgan fingerprint density at radius 1 is 1.35 bits per heavy atom. The summed E-state index contributed by atoms with van der Waals surface area (Å²) in [4.78, 5) is 0.368. The lowest BCUT2D eigenvalue weighted by Gasteiger charge is -2.24. The molecule has 0 bridgehead atoms. The van der Waals surface area contributed by atoms with Gasteiger partial charge >= 0.3 is 0 Å². The molecule has 0 radical (unpaired) electrons. The van der Waals surface area contributed by atoms with Gasteiger partial charge in [0.25, 0.3) is 0 Å². The number of hydrogen-bond acceptors (Lipinski definition) is 6. The molecule has 3 aromatic rings. The molecule has 2 heterocycles. The van der Waals surface area contributed by atoms with Crippen LogP contribution in [-0.4, -0.2) is 27.0 Å². The van der Waals surface area contributed by atoms with Crippen molar-refractivity contribution in [3.8, 4) is 11.8 Å². The first-order valence-electron chi connectivity index (χ1n) is 12.1. The average molecular weight is 526 g/mol. The Bertz CT molecular complexity index is 1410. The second kappa shape index (κ2) is 10.9. The first-order valence-corrected chi connectivity index (χ1v) is 13.7. The second-order valence-electron chi connectivity index (χ2n) is 9.50. The molecule has 0 saturated carbocycles. The van der Waals surface area contributed by atoms with Gasteiger partial charge in [0.1, 0.15) is 27.6 Å². The molecule has 2 aromatic carbocycles. The number of halogens is 1. The van der Waals surface area contributed by atoms with Gasteiger partial charge in [0.2, 0.25) is 0 Å². The van der Waals surface area contributed by atoms with Crippen LogP contribution < -0.4 is 14.8 Å². The van der Waals surface area contributed by atoms with Crippen molar-refractivity contribution in [2.75, 3.05) is 12.4 Å². The topological polar surface area (TPSA) is 123 Å². The molecular weight excluding hydrogens is 493 g/mol. The third-order valence-corrected chi connectivity index (χ3v) is 8.62. The lowest BCUT2D eigenvalue weighted by atomic mass is 9.91. The van der Waals surface area contributed by atoms with Gasteiger partial charge in [-0.25, -0.2) is 18.1 Å². The van der Waals surface area contributed by atoms with Crippen molar-refractivity contribution in [1.29, 1.82) is 10.0 Å². The van der Waals surface area contributed by atoms with Crippen LogP contribution in [-0.2, 0) is 29.8 Å². The van der Waals surface area contributed by atoms with Crippen LogP contribution in [0.25, 0.3) is 0 Å². The van der Waals surface area contributed by atoms with E-state index in [2.05, 4.69) is 17.0 Å². The number of nitrogens with zero attached hydrogens (tertiary/aromatic N) is 2. The number of nitrogens with one attached hydrogen (secondary N) is 3. The summed E-state index contributed by atoms with van der Waals surface area (Å²) in [5.74, 6) is 0.343. The van der Waals surface area contributed by atoms with Gasteiger partial charge in [0.15, 0.2) is 6.23 Å². The Labute approximate surface area is 217 Å². The number of methoxy groups -OCH3 is 1. The number of benzene rings is 2. The maximum absolute atomic E-state index is 13.7. The highest BCUT2D eigenvalue weighted by atomic mass is 32.2. The molecule has 1 aromatic heterocycles. The van der Waals surface area contributed by atoms with Crippen molar-refractivity contribution in [3.05, 3.63) is 76.9 Å². The molecule has 10 heteroatoms. The lowest BCUT2D eigenvalue weighted by molar-refractivity contribution is 0.198. The van der Waals surface area contributed by atoms with E-state index >= 15 is 0 Å². The molecule has 1 aliphatic heterocycles. The number of fused-ring (bicyclic) bond motifs is 1. The highest BCUT2D eigenvalue weighted by Crippen LogP contribution is 2.33. The third kappa shape index (κ3) is 5.80. The molecule has 4 atom stereocenters. The van der Waals surface area contributed by atoms with E-state index in [9.17, 15) is 13.7 Å². The Morgan fingerprint density at radius 3 is 2.76 bits per heavy atom. The fourth-order valence-electron chi connectivity index (χ4n) is 4.87. The van der Waals surface area contributed by atoms with E-state index < -0.39 is 22.0 Å². The van der Waals surface area contributed by atoms with Crippen LogP contribution in [0, 0.1) is 27.8 Å². The summed E-state index contributed by atoms with van der Waals surface area (Å²) in [6.45, 7) is 2.10. The number of nitriles is 1. The summed E-state index contributed by atoms with van der Waals surface area (Å²) in [6.07, 6.45) is 3.34. The van der Waals surface area contributed by atoms with Crippen molar-refractivity contribution in [3.63, 3.8) is 0 Å². The lowest BCUT2D eigenvalue weighted by Crippen LogP contribution is -2.37. The fraction of sp³-hybridized carbons (Fsp3) is 0.370. The highest BCUT2D eigenvalue weighted by Gasteiger charge is 2.32. The zero-order chi connectivity index (χ0) is 26.7. The van der Waals surface area contributed by atoms with E-state index in [0.717, 1.165) is 24.7 Å². The van der Waals surface area contributed by atoms with Gasteiger partial charge in [0, 0.05) is 25.0 Å². The van der Waals surface area contributed by atoms with Gasteiger partial charge in [-0.2, -0.15) is 5.26 Å². The molecular formula is C27H32FN5O3S. The molecule has 196 valence electrons. The van der Waals surface area contributed by atoms with Crippen molar-refractivity contribution in [1.82, 2.24) is 9.29 Å². The zero-order valence-electron chi connectivity index (χ0n) is 21.1. The molecule has 4 N–H and O–H groups in total. The third-order valence-electron chi connectivity index (χ3n) is 7.01. The number of aliphatic hydroxyl groups excluding tert-OH is 1. The number of aromatic nitrogens is 1. The minimum absolute atomic E-state index is 0.130. The average Bonchev–Trinajstić information content (AvgIpc) is 3.17. The summed E-state index contributed by atoms with van der Waals surface area (Å²) in [5.41, 5.74) is 2.60. The molecule has 8 nitrogen and oxygen atoms in total. The predicted molar refractivity (Wildman–Crippen MR) is 140 cm³/mol. The van der Waals surface area contributed by atoms with Crippen LogP contribution in [0.2, 0.25) is 0 Å². The summed E-state index contributed by atoms with van der Waals surface area (Å²) in [6, 6.07) is 13.5. The van der Waals surface area contributed by atoms with Crippen LogP contribution in [0.3, 0.4) is 0 Å². The van der Waals surface area contributed by atoms with Crippen LogP contribution in [0.5, 0.6) is 5.75 Å². The quantitative estimate of drug-likeness (QED) is 0.319.